The van der Waals surface area contributed by atoms with Crippen LogP contribution in [0.5, 0.6) is 0 Å². The van der Waals surface area contributed by atoms with Crippen LogP contribution in [0, 0.1) is 0 Å². The van der Waals surface area contributed by atoms with Gasteiger partial charge < -0.3 is 9.47 Å². The SMILES string of the molecule is CO[C@@H](C)[C@H](C)OC. The topological polar surface area (TPSA) is 18.5 Å². The van der Waals surface area contributed by atoms with E-state index in [0.29, 0.717) is 0 Å². The number of methoxy groups -OCH3 is 2. The van der Waals surface area contributed by atoms with Gasteiger partial charge in [-0.15, -0.1) is 0 Å². The van der Waals surface area contributed by atoms with Crippen LogP contribution >= 0.6 is 0 Å². The van der Waals surface area contributed by atoms with Crippen LogP contribution in [0.15, 0.2) is 0 Å². The van der Waals surface area contributed by atoms with Gasteiger partial charge in [-0.05, 0) is 13.8 Å². The monoisotopic (exact) mass is 118 g/mol. The van der Waals surface area contributed by atoms with E-state index in [0.717, 1.165) is 0 Å². The van der Waals surface area contributed by atoms with Crippen molar-refractivity contribution in [3.05, 3.63) is 0 Å². The summed E-state index contributed by atoms with van der Waals surface area (Å²) in [5, 5.41) is 0. The summed E-state index contributed by atoms with van der Waals surface area (Å²) >= 11 is 0. The molecule has 0 fully saturated rings. The fraction of sp³-hybridized carbons (Fsp3) is 1.00. The molecular weight excluding hydrogens is 104 g/mol. The molecule has 0 aromatic heterocycles. The van der Waals surface area contributed by atoms with Gasteiger partial charge in [0, 0.05) is 14.2 Å². The number of rotatable bonds is 3. The molecule has 50 valence electrons. The highest BCUT2D eigenvalue weighted by atomic mass is 16.5. The maximum absolute atomic E-state index is 4.98. The van der Waals surface area contributed by atoms with Crippen molar-refractivity contribution in [3.63, 3.8) is 0 Å². The maximum Gasteiger partial charge on any atom is 0.0801 e. The van der Waals surface area contributed by atoms with Crippen molar-refractivity contribution in [2.45, 2.75) is 26.1 Å². The van der Waals surface area contributed by atoms with Crippen LogP contribution in [-0.2, 0) is 9.47 Å². The minimum Gasteiger partial charge on any atom is -0.379 e. The molecule has 8 heavy (non-hydrogen) atoms. The Kier molecular flexibility index (Phi) is 3.83. The van der Waals surface area contributed by atoms with Crippen molar-refractivity contribution in [2.24, 2.45) is 0 Å². The van der Waals surface area contributed by atoms with Crippen molar-refractivity contribution < 1.29 is 9.47 Å². The second-order valence-corrected chi connectivity index (χ2v) is 1.88. The van der Waals surface area contributed by atoms with Crippen molar-refractivity contribution in [2.75, 3.05) is 14.2 Å². The fourth-order valence-electron chi connectivity index (χ4n) is 0.383. The van der Waals surface area contributed by atoms with Crippen LogP contribution in [0.25, 0.3) is 0 Å². The molecule has 2 atom stereocenters. The summed E-state index contributed by atoms with van der Waals surface area (Å²) in [5.41, 5.74) is 0. The summed E-state index contributed by atoms with van der Waals surface area (Å²) in [6.45, 7) is 3.96. The van der Waals surface area contributed by atoms with E-state index < -0.39 is 0 Å². The molecule has 0 heterocycles. The predicted octanol–water partition coefficient (Wildman–Crippen LogP) is 1.06. The molecular formula is C6H14O2. The van der Waals surface area contributed by atoms with Crippen molar-refractivity contribution >= 4 is 0 Å². The molecule has 0 spiro atoms. The Hall–Kier alpha value is -0.0800. The molecule has 0 aliphatic rings. The van der Waals surface area contributed by atoms with E-state index in [2.05, 4.69) is 0 Å². The molecule has 0 aliphatic carbocycles. The smallest absolute Gasteiger partial charge is 0.0801 e. The van der Waals surface area contributed by atoms with Gasteiger partial charge >= 0.3 is 0 Å². The predicted molar refractivity (Wildman–Crippen MR) is 32.9 cm³/mol. The van der Waals surface area contributed by atoms with E-state index in [-0.39, 0.29) is 12.2 Å². The molecule has 0 unspecified atom stereocenters. The quantitative estimate of drug-likeness (QED) is 0.551. The zero-order chi connectivity index (χ0) is 6.57. The van der Waals surface area contributed by atoms with Crippen molar-refractivity contribution in [1.82, 2.24) is 0 Å². The molecule has 0 aromatic rings. The average Bonchev–Trinajstić information content (AvgIpc) is 1.84. The lowest BCUT2D eigenvalue weighted by molar-refractivity contribution is -0.0157. The molecule has 0 aliphatic heterocycles. The minimum atomic E-state index is 0.194. The molecule has 0 radical (unpaired) electrons. The number of hydrogen-bond donors (Lipinski definition) is 0. The van der Waals surface area contributed by atoms with Gasteiger partial charge in [0.05, 0.1) is 12.2 Å². The molecule has 0 saturated heterocycles. The van der Waals surface area contributed by atoms with Crippen LogP contribution in [0.3, 0.4) is 0 Å². The third-order valence-electron chi connectivity index (χ3n) is 1.40. The lowest BCUT2D eigenvalue weighted by Crippen LogP contribution is -2.23. The van der Waals surface area contributed by atoms with Crippen LogP contribution in [0.2, 0.25) is 0 Å². The van der Waals surface area contributed by atoms with Crippen LogP contribution in [0.1, 0.15) is 13.8 Å². The molecule has 0 bridgehead atoms. The highest BCUT2D eigenvalue weighted by Crippen LogP contribution is 1.98. The highest BCUT2D eigenvalue weighted by molar-refractivity contribution is 4.56. The van der Waals surface area contributed by atoms with E-state index in [9.17, 15) is 0 Å². The first-order valence-corrected chi connectivity index (χ1v) is 2.78. The van der Waals surface area contributed by atoms with Gasteiger partial charge in [0.1, 0.15) is 0 Å². The van der Waals surface area contributed by atoms with Gasteiger partial charge in [0.25, 0.3) is 0 Å². The number of ether oxygens (including phenoxy) is 2. The van der Waals surface area contributed by atoms with E-state index in [1.165, 1.54) is 0 Å². The molecule has 2 nitrogen and oxygen atoms in total. The van der Waals surface area contributed by atoms with Crippen LogP contribution < -0.4 is 0 Å². The van der Waals surface area contributed by atoms with E-state index >= 15 is 0 Å². The fourth-order valence-corrected chi connectivity index (χ4v) is 0.383. The lowest BCUT2D eigenvalue weighted by atomic mass is 10.3. The van der Waals surface area contributed by atoms with Gasteiger partial charge in [-0.3, -0.25) is 0 Å². The average molecular weight is 118 g/mol. The molecule has 0 N–H and O–H groups in total. The van der Waals surface area contributed by atoms with Gasteiger partial charge in [0.2, 0.25) is 0 Å². The first kappa shape index (κ1) is 7.92. The Morgan fingerprint density at radius 3 is 1.25 bits per heavy atom. The summed E-state index contributed by atoms with van der Waals surface area (Å²) in [4.78, 5) is 0. The normalized spacial score (nSPS) is 18.0. The molecule has 0 aromatic carbocycles. The van der Waals surface area contributed by atoms with Crippen LogP contribution in [0.4, 0.5) is 0 Å². The van der Waals surface area contributed by atoms with Gasteiger partial charge in [-0.1, -0.05) is 0 Å². The number of hydrogen-bond acceptors (Lipinski definition) is 2. The first-order valence-electron chi connectivity index (χ1n) is 2.78. The standard InChI is InChI=1S/C6H14O2/c1-5(7-3)6(2)8-4/h5-6H,1-4H3/t5-,6-/m0/s1. The maximum atomic E-state index is 4.98. The highest BCUT2D eigenvalue weighted by Gasteiger charge is 2.07. The Bertz CT molecular complexity index is 46.5. The van der Waals surface area contributed by atoms with Crippen molar-refractivity contribution in [3.8, 4) is 0 Å². The first-order chi connectivity index (χ1) is 3.72. The Morgan fingerprint density at radius 1 is 0.875 bits per heavy atom. The molecule has 0 saturated carbocycles. The summed E-state index contributed by atoms with van der Waals surface area (Å²) in [6.07, 6.45) is 0.389. The van der Waals surface area contributed by atoms with E-state index in [1.54, 1.807) is 14.2 Å². The molecule has 2 heteroatoms. The van der Waals surface area contributed by atoms with E-state index in [4.69, 9.17) is 9.47 Å². The lowest BCUT2D eigenvalue weighted by Gasteiger charge is -2.15. The summed E-state index contributed by atoms with van der Waals surface area (Å²) < 4.78 is 9.96. The van der Waals surface area contributed by atoms with Gasteiger partial charge in [0.15, 0.2) is 0 Å². The largest absolute Gasteiger partial charge is 0.379 e. The summed E-state index contributed by atoms with van der Waals surface area (Å²) in [5.74, 6) is 0. The third-order valence-corrected chi connectivity index (χ3v) is 1.40. The summed E-state index contributed by atoms with van der Waals surface area (Å²) in [6, 6.07) is 0. The second-order valence-electron chi connectivity index (χ2n) is 1.88. The van der Waals surface area contributed by atoms with Gasteiger partial charge in [-0.2, -0.15) is 0 Å². The Morgan fingerprint density at radius 2 is 1.12 bits per heavy atom. The van der Waals surface area contributed by atoms with Crippen LogP contribution in [-0.4, -0.2) is 26.4 Å². The minimum absolute atomic E-state index is 0.194. The van der Waals surface area contributed by atoms with Gasteiger partial charge in [-0.25, -0.2) is 0 Å². The molecule has 0 rings (SSSR count). The second kappa shape index (κ2) is 3.87. The third kappa shape index (κ3) is 2.28. The Balaban J connectivity index is 3.29. The zero-order valence-corrected chi connectivity index (χ0v) is 5.97. The van der Waals surface area contributed by atoms with Crippen molar-refractivity contribution in [1.29, 1.82) is 0 Å². The summed E-state index contributed by atoms with van der Waals surface area (Å²) in [7, 11) is 3.36. The zero-order valence-electron chi connectivity index (χ0n) is 5.97. The molecule has 0 amide bonds. The Labute approximate surface area is 50.8 Å². The van der Waals surface area contributed by atoms with E-state index in [1.807, 2.05) is 13.8 Å².